The Morgan fingerprint density at radius 2 is 2.14 bits per heavy atom. The van der Waals surface area contributed by atoms with E-state index in [9.17, 15) is 13.2 Å². The van der Waals surface area contributed by atoms with Crippen molar-refractivity contribution in [2.24, 2.45) is 0 Å². The Morgan fingerprint density at radius 1 is 1.50 bits per heavy atom. The van der Waals surface area contributed by atoms with Crippen LogP contribution in [0.1, 0.15) is 17.4 Å². The van der Waals surface area contributed by atoms with Gasteiger partial charge in [0.15, 0.2) is 6.10 Å². The number of hydrogen-bond acceptors (Lipinski definition) is 2. The van der Waals surface area contributed by atoms with Gasteiger partial charge in [-0.05, 0) is 11.6 Å². The van der Waals surface area contributed by atoms with Crippen LogP contribution in [-0.4, -0.2) is 16.3 Å². The summed E-state index contributed by atoms with van der Waals surface area (Å²) in [6.45, 7) is 3.34. The summed E-state index contributed by atoms with van der Waals surface area (Å²) in [6.07, 6.45) is -4.85. The number of aliphatic hydroxyl groups is 1. The summed E-state index contributed by atoms with van der Waals surface area (Å²) in [4.78, 5) is 3.47. The molecule has 1 unspecified atom stereocenters. The number of aliphatic hydroxyl groups excluding tert-OH is 1. The zero-order valence-electron chi connectivity index (χ0n) is 7.12. The fourth-order valence-corrected chi connectivity index (χ4v) is 0.986. The highest BCUT2D eigenvalue weighted by Crippen LogP contribution is 2.32. The summed E-state index contributed by atoms with van der Waals surface area (Å²) >= 11 is 0. The van der Waals surface area contributed by atoms with Crippen LogP contribution in [0, 0.1) is 0 Å². The van der Waals surface area contributed by atoms with E-state index in [4.69, 9.17) is 5.11 Å². The molecule has 0 radical (unpaired) electrons. The van der Waals surface area contributed by atoms with E-state index < -0.39 is 18.0 Å². The molecule has 5 heteroatoms. The number of nitrogens with zero attached hydrogens (tertiary/aromatic N) is 1. The number of alkyl halides is 3. The fraction of sp³-hybridized carbons (Fsp3) is 0.222. The van der Waals surface area contributed by atoms with Crippen LogP contribution in [-0.2, 0) is 0 Å². The van der Waals surface area contributed by atoms with E-state index in [1.54, 1.807) is 0 Å². The lowest BCUT2D eigenvalue weighted by atomic mass is 10.1. The topological polar surface area (TPSA) is 33.1 Å². The minimum Gasteiger partial charge on any atom is -0.378 e. The first-order valence-corrected chi connectivity index (χ1v) is 3.79. The molecule has 0 aliphatic rings. The van der Waals surface area contributed by atoms with Gasteiger partial charge in [0.2, 0.25) is 0 Å². The van der Waals surface area contributed by atoms with Gasteiger partial charge in [0.05, 0.1) is 5.69 Å². The number of halogens is 3. The summed E-state index contributed by atoms with van der Waals surface area (Å²) in [5.41, 5.74) is -0.243. The average Bonchev–Trinajstić information content (AvgIpc) is 2.15. The molecule has 1 atom stereocenters. The van der Waals surface area contributed by atoms with Crippen LogP contribution >= 0.6 is 0 Å². The monoisotopic (exact) mass is 203 g/mol. The highest BCUT2D eigenvalue weighted by atomic mass is 19.4. The quantitative estimate of drug-likeness (QED) is 0.800. The normalized spacial score (nSPS) is 13.7. The van der Waals surface area contributed by atoms with E-state index in [1.807, 2.05) is 0 Å². The van der Waals surface area contributed by atoms with Crippen molar-refractivity contribution in [3.05, 3.63) is 36.2 Å². The largest absolute Gasteiger partial charge is 0.420 e. The fourth-order valence-electron chi connectivity index (χ4n) is 0.986. The third-order valence-corrected chi connectivity index (χ3v) is 1.66. The smallest absolute Gasteiger partial charge is 0.378 e. The maximum Gasteiger partial charge on any atom is 0.420 e. The molecule has 0 fully saturated rings. The third kappa shape index (κ3) is 2.11. The Hall–Kier alpha value is -1.36. The Morgan fingerprint density at radius 3 is 2.64 bits per heavy atom. The van der Waals surface area contributed by atoms with E-state index in [-0.39, 0.29) is 5.56 Å². The van der Waals surface area contributed by atoms with Gasteiger partial charge >= 0.3 is 6.18 Å². The maximum absolute atomic E-state index is 12.1. The molecule has 0 saturated carbocycles. The Kier molecular flexibility index (Phi) is 2.90. The average molecular weight is 203 g/mol. The minimum absolute atomic E-state index is 0.178. The molecule has 14 heavy (non-hydrogen) atoms. The van der Waals surface area contributed by atoms with Gasteiger partial charge in [-0.2, -0.15) is 13.2 Å². The molecule has 1 heterocycles. The molecule has 0 aromatic carbocycles. The molecule has 0 amide bonds. The number of rotatable bonds is 2. The lowest BCUT2D eigenvalue weighted by Gasteiger charge is -2.15. The van der Waals surface area contributed by atoms with Gasteiger partial charge in [0.1, 0.15) is 0 Å². The van der Waals surface area contributed by atoms with Crippen molar-refractivity contribution in [1.29, 1.82) is 0 Å². The van der Waals surface area contributed by atoms with Crippen LogP contribution in [0.5, 0.6) is 0 Å². The van der Waals surface area contributed by atoms with Crippen molar-refractivity contribution in [3.8, 4) is 0 Å². The van der Waals surface area contributed by atoms with E-state index >= 15 is 0 Å². The van der Waals surface area contributed by atoms with Crippen LogP contribution < -0.4 is 0 Å². The Balaban J connectivity index is 3.12. The number of aromatic nitrogens is 1. The second kappa shape index (κ2) is 3.79. The molecule has 0 spiro atoms. The van der Waals surface area contributed by atoms with Crippen LogP contribution in [0.2, 0.25) is 0 Å². The molecule has 1 N–H and O–H groups in total. The van der Waals surface area contributed by atoms with Crippen LogP contribution in [0.25, 0.3) is 6.08 Å². The lowest BCUT2D eigenvalue weighted by Crippen LogP contribution is -2.22. The van der Waals surface area contributed by atoms with Crippen LogP contribution in [0.3, 0.4) is 0 Å². The van der Waals surface area contributed by atoms with Crippen molar-refractivity contribution < 1.29 is 18.3 Å². The molecule has 0 aliphatic carbocycles. The predicted octanol–water partition coefficient (Wildman–Crippen LogP) is 2.32. The summed E-state index contributed by atoms with van der Waals surface area (Å²) in [5.74, 6) is 0. The second-order valence-electron chi connectivity index (χ2n) is 2.63. The molecule has 0 saturated heterocycles. The molecule has 2 nitrogen and oxygen atoms in total. The SMILES string of the molecule is C=Cc1cccnc1C(O)C(F)(F)F. The summed E-state index contributed by atoms with van der Waals surface area (Å²) in [5, 5.41) is 8.93. The van der Waals surface area contributed by atoms with Crippen LogP contribution in [0.4, 0.5) is 13.2 Å². The van der Waals surface area contributed by atoms with E-state index in [0.717, 1.165) is 0 Å². The van der Waals surface area contributed by atoms with Crippen molar-refractivity contribution in [3.63, 3.8) is 0 Å². The van der Waals surface area contributed by atoms with Gasteiger partial charge in [0, 0.05) is 6.20 Å². The maximum atomic E-state index is 12.1. The number of pyridine rings is 1. The third-order valence-electron chi connectivity index (χ3n) is 1.66. The molecular weight excluding hydrogens is 195 g/mol. The molecule has 1 aromatic rings. The van der Waals surface area contributed by atoms with Gasteiger partial charge in [-0.25, -0.2) is 0 Å². The van der Waals surface area contributed by atoms with Crippen molar-refractivity contribution in [2.45, 2.75) is 12.3 Å². The van der Waals surface area contributed by atoms with Crippen molar-refractivity contribution >= 4 is 6.08 Å². The van der Waals surface area contributed by atoms with Crippen LogP contribution in [0.15, 0.2) is 24.9 Å². The molecule has 0 aliphatic heterocycles. The van der Waals surface area contributed by atoms with Gasteiger partial charge in [-0.1, -0.05) is 18.7 Å². The Bertz CT molecular complexity index is 335. The zero-order valence-corrected chi connectivity index (χ0v) is 7.12. The lowest BCUT2D eigenvalue weighted by molar-refractivity contribution is -0.208. The molecular formula is C9H8F3NO. The standard InChI is InChI=1S/C9H8F3NO/c1-2-6-4-3-5-13-7(6)8(14)9(10,11)12/h2-5,8,14H,1H2. The second-order valence-corrected chi connectivity index (χ2v) is 2.63. The van der Waals surface area contributed by atoms with E-state index in [0.29, 0.717) is 0 Å². The first-order valence-electron chi connectivity index (χ1n) is 3.79. The summed E-state index contributed by atoms with van der Waals surface area (Å²) < 4.78 is 36.4. The van der Waals surface area contributed by atoms with E-state index in [1.165, 1.54) is 24.4 Å². The van der Waals surface area contributed by atoms with Gasteiger partial charge in [-0.15, -0.1) is 0 Å². The van der Waals surface area contributed by atoms with Gasteiger partial charge < -0.3 is 5.11 Å². The first kappa shape index (κ1) is 10.7. The van der Waals surface area contributed by atoms with E-state index in [2.05, 4.69) is 11.6 Å². The minimum atomic E-state index is -4.70. The Labute approximate surface area is 78.7 Å². The van der Waals surface area contributed by atoms with Crippen molar-refractivity contribution in [1.82, 2.24) is 4.98 Å². The molecule has 1 rings (SSSR count). The molecule has 76 valence electrons. The highest BCUT2D eigenvalue weighted by Gasteiger charge is 2.41. The first-order chi connectivity index (χ1) is 6.46. The van der Waals surface area contributed by atoms with Crippen molar-refractivity contribution in [2.75, 3.05) is 0 Å². The van der Waals surface area contributed by atoms with Gasteiger partial charge in [-0.3, -0.25) is 4.98 Å². The zero-order chi connectivity index (χ0) is 10.8. The highest BCUT2D eigenvalue weighted by molar-refractivity contribution is 5.50. The molecule has 1 aromatic heterocycles. The predicted molar refractivity (Wildman–Crippen MR) is 45.3 cm³/mol. The molecule has 0 bridgehead atoms. The summed E-state index contributed by atoms with van der Waals surface area (Å²) in [7, 11) is 0. The summed E-state index contributed by atoms with van der Waals surface area (Å²) in [6, 6.07) is 2.88. The number of hydrogen-bond donors (Lipinski definition) is 1. The van der Waals surface area contributed by atoms with Gasteiger partial charge in [0.25, 0.3) is 0 Å².